The number of rotatable bonds is 6. The minimum Gasteiger partial charge on any atom is -0.496 e. The van der Waals surface area contributed by atoms with Crippen LogP contribution in [-0.4, -0.2) is 39.0 Å². The van der Waals surface area contributed by atoms with Crippen LogP contribution in [0.2, 0.25) is 0 Å². The van der Waals surface area contributed by atoms with Gasteiger partial charge in [0.05, 0.1) is 25.1 Å². The Hall–Kier alpha value is -3.09. The Bertz CT molecular complexity index is 1110. The van der Waals surface area contributed by atoms with Gasteiger partial charge in [0.1, 0.15) is 5.75 Å². The minimum absolute atomic E-state index is 0.143. The molecule has 1 aliphatic heterocycles. The smallest absolute Gasteiger partial charge is 0.251 e. The topological polar surface area (TPSA) is 59.9 Å². The Morgan fingerprint density at radius 3 is 2.53 bits per heavy atom. The first-order valence-electron chi connectivity index (χ1n) is 9.62. The molecule has 6 heteroatoms. The fraction of sp³-hybridized carbons (Fsp3) is 0.167. The summed E-state index contributed by atoms with van der Waals surface area (Å²) in [6, 6.07) is 21.7. The first-order valence-corrected chi connectivity index (χ1v) is 10.4. The van der Waals surface area contributed by atoms with Crippen LogP contribution in [-0.2, 0) is 4.74 Å². The van der Waals surface area contributed by atoms with Gasteiger partial charge < -0.3 is 14.8 Å². The molecule has 0 bridgehead atoms. The van der Waals surface area contributed by atoms with Crippen molar-refractivity contribution in [2.75, 3.05) is 27.4 Å². The Balaban J connectivity index is 1.82. The highest BCUT2D eigenvalue weighted by atomic mass is 32.2. The Labute approximate surface area is 180 Å². The van der Waals surface area contributed by atoms with Crippen LogP contribution in [0.5, 0.6) is 5.75 Å². The number of carbonyl (C=O) groups excluding carboxylic acids is 1. The number of para-hydroxylation sites is 1. The van der Waals surface area contributed by atoms with Gasteiger partial charge in [0.25, 0.3) is 5.91 Å². The summed E-state index contributed by atoms with van der Waals surface area (Å²) in [5, 5.41) is 2.86. The standard InChI is InChI=1S/C24H22N2O3S/c1-28-14-13-25-24(27)16-11-12-22-19(15-16)26-23(17-7-3-5-9-20(17)29-2)18-8-4-6-10-21(18)30-22/h3-12,15H,13-14H2,1-2H3,(H,25,27). The van der Waals surface area contributed by atoms with E-state index in [4.69, 9.17) is 14.5 Å². The molecule has 5 nitrogen and oxygen atoms in total. The lowest BCUT2D eigenvalue weighted by Crippen LogP contribution is -2.26. The van der Waals surface area contributed by atoms with Crippen molar-refractivity contribution in [2.24, 2.45) is 4.99 Å². The third-order valence-corrected chi connectivity index (χ3v) is 5.91. The predicted molar refractivity (Wildman–Crippen MR) is 120 cm³/mol. The number of aliphatic imine (C=N–C) groups is 1. The summed E-state index contributed by atoms with van der Waals surface area (Å²) in [7, 11) is 3.27. The fourth-order valence-electron chi connectivity index (χ4n) is 3.30. The molecule has 1 aliphatic rings. The number of hydrogen-bond donors (Lipinski definition) is 1. The van der Waals surface area contributed by atoms with Crippen molar-refractivity contribution in [1.29, 1.82) is 0 Å². The SMILES string of the molecule is COCCNC(=O)c1ccc2c(c1)N=C(c1ccccc1OC)c1ccccc1S2. The molecule has 0 unspecified atom stereocenters. The molecule has 0 atom stereocenters. The van der Waals surface area contributed by atoms with Crippen LogP contribution in [0.4, 0.5) is 5.69 Å². The zero-order valence-corrected chi connectivity index (χ0v) is 17.7. The number of nitrogens with one attached hydrogen (secondary N) is 1. The van der Waals surface area contributed by atoms with E-state index in [-0.39, 0.29) is 5.91 Å². The molecular formula is C24H22N2O3S. The van der Waals surface area contributed by atoms with Crippen LogP contribution in [0.1, 0.15) is 21.5 Å². The summed E-state index contributed by atoms with van der Waals surface area (Å²) >= 11 is 1.65. The second-order valence-corrected chi connectivity index (χ2v) is 7.77. The van der Waals surface area contributed by atoms with Crippen molar-refractivity contribution < 1.29 is 14.3 Å². The first-order chi connectivity index (χ1) is 14.7. The maximum absolute atomic E-state index is 12.5. The molecule has 0 radical (unpaired) electrons. The molecule has 1 heterocycles. The van der Waals surface area contributed by atoms with E-state index >= 15 is 0 Å². The summed E-state index contributed by atoms with van der Waals surface area (Å²) in [5.41, 5.74) is 4.10. The molecular weight excluding hydrogens is 396 g/mol. The van der Waals surface area contributed by atoms with Gasteiger partial charge in [0, 0.05) is 40.1 Å². The molecule has 0 spiro atoms. The van der Waals surface area contributed by atoms with Crippen molar-refractivity contribution in [3.05, 3.63) is 83.4 Å². The molecule has 4 rings (SSSR count). The number of ether oxygens (including phenoxy) is 2. The molecule has 1 N–H and O–H groups in total. The van der Waals surface area contributed by atoms with E-state index in [0.29, 0.717) is 18.7 Å². The highest BCUT2D eigenvalue weighted by Crippen LogP contribution is 2.42. The monoisotopic (exact) mass is 418 g/mol. The van der Waals surface area contributed by atoms with Gasteiger partial charge in [-0.25, -0.2) is 4.99 Å². The van der Waals surface area contributed by atoms with Gasteiger partial charge in [-0.05, 0) is 36.4 Å². The highest BCUT2D eigenvalue weighted by Gasteiger charge is 2.21. The van der Waals surface area contributed by atoms with Gasteiger partial charge in [-0.15, -0.1) is 0 Å². The van der Waals surface area contributed by atoms with Crippen molar-refractivity contribution in [1.82, 2.24) is 5.32 Å². The predicted octanol–water partition coefficient (Wildman–Crippen LogP) is 4.71. The van der Waals surface area contributed by atoms with Gasteiger partial charge in [-0.3, -0.25) is 4.79 Å². The normalized spacial score (nSPS) is 12.3. The molecule has 152 valence electrons. The van der Waals surface area contributed by atoms with Crippen LogP contribution in [0.3, 0.4) is 0 Å². The quantitative estimate of drug-likeness (QED) is 0.461. The number of carbonyl (C=O) groups is 1. The number of hydrogen-bond acceptors (Lipinski definition) is 5. The molecule has 1 amide bonds. The molecule has 0 fully saturated rings. The molecule has 3 aromatic carbocycles. The van der Waals surface area contributed by atoms with Gasteiger partial charge in [-0.1, -0.05) is 42.1 Å². The molecule has 0 aromatic heterocycles. The number of methoxy groups -OCH3 is 2. The number of benzene rings is 3. The van der Waals surface area contributed by atoms with Crippen molar-refractivity contribution in [2.45, 2.75) is 9.79 Å². The van der Waals surface area contributed by atoms with E-state index in [1.165, 1.54) is 0 Å². The summed E-state index contributed by atoms with van der Waals surface area (Å²) in [4.78, 5) is 19.6. The third kappa shape index (κ3) is 4.10. The Morgan fingerprint density at radius 2 is 1.73 bits per heavy atom. The summed E-state index contributed by atoms with van der Waals surface area (Å²) < 4.78 is 10.6. The van der Waals surface area contributed by atoms with Crippen LogP contribution < -0.4 is 10.1 Å². The van der Waals surface area contributed by atoms with Gasteiger partial charge in [-0.2, -0.15) is 0 Å². The fourth-order valence-corrected chi connectivity index (χ4v) is 4.30. The van der Waals surface area contributed by atoms with E-state index in [1.54, 1.807) is 26.0 Å². The van der Waals surface area contributed by atoms with Crippen LogP contribution in [0.25, 0.3) is 0 Å². The highest BCUT2D eigenvalue weighted by molar-refractivity contribution is 7.99. The summed E-state index contributed by atoms with van der Waals surface area (Å²) in [5.74, 6) is 0.614. The zero-order valence-electron chi connectivity index (χ0n) is 16.8. The Morgan fingerprint density at radius 1 is 0.967 bits per heavy atom. The second kappa shape index (κ2) is 9.15. The molecule has 3 aromatic rings. The maximum Gasteiger partial charge on any atom is 0.251 e. The lowest BCUT2D eigenvalue weighted by atomic mass is 10.0. The van der Waals surface area contributed by atoms with E-state index in [0.717, 1.165) is 38.1 Å². The van der Waals surface area contributed by atoms with Crippen molar-refractivity contribution >= 4 is 29.1 Å². The average molecular weight is 419 g/mol. The second-order valence-electron chi connectivity index (χ2n) is 6.69. The Kier molecular flexibility index (Phi) is 6.16. The van der Waals surface area contributed by atoms with Crippen molar-refractivity contribution in [3.8, 4) is 5.75 Å². The summed E-state index contributed by atoms with van der Waals surface area (Å²) in [6.07, 6.45) is 0. The van der Waals surface area contributed by atoms with Gasteiger partial charge in [0.2, 0.25) is 0 Å². The summed E-state index contributed by atoms with van der Waals surface area (Å²) in [6.45, 7) is 0.931. The van der Waals surface area contributed by atoms with E-state index in [9.17, 15) is 4.79 Å². The first kappa shape index (κ1) is 20.2. The minimum atomic E-state index is -0.143. The number of amides is 1. The van der Waals surface area contributed by atoms with Gasteiger partial charge >= 0.3 is 0 Å². The lowest BCUT2D eigenvalue weighted by molar-refractivity contribution is 0.0937. The van der Waals surface area contributed by atoms with Crippen LogP contribution in [0.15, 0.2) is 81.5 Å². The number of nitrogens with zero attached hydrogens (tertiary/aromatic N) is 1. The largest absolute Gasteiger partial charge is 0.496 e. The van der Waals surface area contributed by atoms with Gasteiger partial charge in [0.15, 0.2) is 0 Å². The van der Waals surface area contributed by atoms with E-state index in [2.05, 4.69) is 17.4 Å². The lowest BCUT2D eigenvalue weighted by Gasteiger charge is -2.12. The van der Waals surface area contributed by atoms with E-state index in [1.807, 2.05) is 54.6 Å². The van der Waals surface area contributed by atoms with Crippen LogP contribution >= 0.6 is 11.8 Å². The van der Waals surface area contributed by atoms with E-state index < -0.39 is 0 Å². The maximum atomic E-state index is 12.5. The van der Waals surface area contributed by atoms with Crippen molar-refractivity contribution in [3.63, 3.8) is 0 Å². The molecule has 0 saturated carbocycles. The average Bonchev–Trinajstić information content (AvgIpc) is 2.95. The third-order valence-electron chi connectivity index (χ3n) is 4.77. The van der Waals surface area contributed by atoms with Crippen LogP contribution in [0, 0.1) is 0 Å². The molecule has 30 heavy (non-hydrogen) atoms. The molecule has 0 saturated heterocycles. The zero-order chi connectivity index (χ0) is 20.9. The number of fused-ring (bicyclic) bond motifs is 2. The molecule has 0 aliphatic carbocycles.